The van der Waals surface area contributed by atoms with Gasteiger partial charge in [0.2, 0.25) is 0 Å². The molecular weight excluding hydrogens is 311 g/mol. The highest BCUT2D eigenvalue weighted by Crippen LogP contribution is 2.29. The lowest BCUT2D eigenvalue weighted by molar-refractivity contribution is 0.302. The van der Waals surface area contributed by atoms with Crippen molar-refractivity contribution in [1.29, 1.82) is 0 Å². The molecule has 0 bridgehead atoms. The molecule has 2 aromatic rings. The van der Waals surface area contributed by atoms with Crippen LogP contribution in [0.1, 0.15) is 11.1 Å². The Morgan fingerprint density at radius 2 is 1.95 bits per heavy atom. The van der Waals surface area contributed by atoms with E-state index in [2.05, 4.69) is 15.9 Å². The van der Waals surface area contributed by atoms with Crippen molar-refractivity contribution in [3.63, 3.8) is 0 Å². The predicted molar refractivity (Wildman–Crippen MR) is 76.2 cm³/mol. The van der Waals surface area contributed by atoms with E-state index in [1.54, 1.807) is 13.2 Å². The summed E-state index contributed by atoms with van der Waals surface area (Å²) in [6.07, 6.45) is 0. The fraction of sp³-hybridized carbons (Fsp3) is 0.200. The van der Waals surface area contributed by atoms with Gasteiger partial charge in [-0.3, -0.25) is 0 Å². The summed E-state index contributed by atoms with van der Waals surface area (Å²) >= 11 is 3.42. The summed E-state index contributed by atoms with van der Waals surface area (Å²) in [7, 11) is 1.61. The van der Waals surface area contributed by atoms with Crippen LogP contribution in [0.15, 0.2) is 40.9 Å². The van der Waals surface area contributed by atoms with Crippen molar-refractivity contribution < 1.29 is 13.9 Å². The molecule has 0 unspecified atom stereocenters. The lowest BCUT2D eigenvalue weighted by Gasteiger charge is -2.11. The van der Waals surface area contributed by atoms with Gasteiger partial charge in [-0.2, -0.15) is 0 Å². The molecule has 0 amide bonds. The van der Waals surface area contributed by atoms with Gasteiger partial charge in [-0.25, -0.2) is 4.39 Å². The highest BCUT2D eigenvalue weighted by atomic mass is 79.9. The number of hydrogen-bond acceptors (Lipinski definition) is 2. The monoisotopic (exact) mass is 324 g/mol. The molecule has 0 saturated carbocycles. The molecule has 0 aromatic heterocycles. The molecule has 0 aliphatic rings. The molecule has 2 nitrogen and oxygen atoms in total. The van der Waals surface area contributed by atoms with Crippen LogP contribution >= 0.6 is 15.9 Å². The van der Waals surface area contributed by atoms with Gasteiger partial charge in [0.25, 0.3) is 0 Å². The lowest BCUT2D eigenvalue weighted by Crippen LogP contribution is -1.99. The summed E-state index contributed by atoms with van der Waals surface area (Å²) in [5.41, 5.74) is 1.84. The summed E-state index contributed by atoms with van der Waals surface area (Å²) in [6.45, 7) is 2.26. The third-order valence-corrected chi connectivity index (χ3v) is 3.45. The standard InChI is InChI=1S/C15H14BrFO2/c1-10-3-4-12(17)7-11(10)9-19-15-6-5-13(18-2)8-14(15)16/h3-8H,9H2,1-2H3. The van der Waals surface area contributed by atoms with E-state index in [1.807, 2.05) is 25.1 Å². The zero-order valence-electron chi connectivity index (χ0n) is 10.7. The van der Waals surface area contributed by atoms with Gasteiger partial charge < -0.3 is 9.47 Å². The van der Waals surface area contributed by atoms with E-state index in [0.29, 0.717) is 12.4 Å². The van der Waals surface area contributed by atoms with Gasteiger partial charge in [0.1, 0.15) is 23.9 Å². The fourth-order valence-electron chi connectivity index (χ4n) is 1.68. The van der Waals surface area contributed by atoms with Crippen molar-refractivity contribution in [3.8, 4) is 11.5 Å². The minimum atomic E-state index is -0.252. The number of rotatable bonds is 4. The first-order valence-electron chi connectivity index (χ1n) is 5.81. The number of hydrogen-bond donors (Lipinski definition) is 0. The van der Waals surface area contributed by atoms with Gasteiger partial charge in [0.15, 0.2) is 0 Å². The molecule has 4 heteroatoms. The SMILES string of the molecule is COc1ccc(OCc2cc(F)ccc2C)c(Br)c1. The van der Waals surface area contributed by atoms with Crippen LogP contribution in [0.2, 0.25) is 0 Å². The number of aryl methyl sites for hydroxylation is 1. The van der Waals surface area contributed by atoms with Gasteiger partial charge >= 0.3 is 0 Å². The van der Waals surface area contributed by atoms with E-state index in [-0.39, 0.29) is 5.82 Å². The fourth-order valence-corrected chi connectivity index (χ4v) is 2.15. The Hall–Kier alpha value is -1.55. The lowest BCUT2D eigenvalue weighted by atomic mass is 10.1. The quantitative estimate of drug-likeness (QED) is 0.825. The molecule has 0 radical (unpaired) electrons. The second-order valence-corrected chi connectivity index (χ2v) is 5.01. The van der Waals surface area contributed by atoms with Gasteiger partial charge in [-0.1, -0.05) is 6.07 Å². The van der Waals surface area contributed by atoms with Crippen LogP contribution < -0.4 is 9.47 Å². The molecule has 2 aromatic carbocycles. The number of ether oxygens (including phenoxy) is 2. The molecule has 0 spiro atoms. The highest BCUT2D eigenvalue weighted by molar-refractivity contribution is 9.10. The first-order chi connectivity index (χ1) is 9.10. The Labute approximate surface area is 120 Å². The Bertz CT molecular complexity index is 584. The van der Waals surface area contributed by atoms with E-state index in [9.17, 15) is 4.39 Å². The number of methoxy groups -OCH3 is 1. The van der Waals surface area contributed by atoms with Gasteiger partial charge in [-0.05, 0) is 64.3 Å². The average molecular weight is 325 g/mol. The number of halogens is 2. The molecule has 0 aliphatic heterocycles. The largest absolute Gasteiger partial charge is 0.497 e. The van der Waals surface area contributed by atoms with Crippen molar-refractivity contribution >= 4 is 15.9 Å². The molecular formula is C15H14BrFO2. The molecule has 0 N–H and O–H groups in total. The molecule has 0 saturated heterocycles. The molecule has 0 heterocycles. The Morgan fingerprint density at radius 1 is 1.16 bits per heavy atom. The maximum atomic E-state index is 13.2. The summed E-state index contributed by atoms with van der Waals surface area (Å²) in [5.74, 6) is 1.20. The third-order valence-electron chi connectivity index (χ3n) is 2.83. The minimum Gasteiger partial charge on any atom is -0.497 e. The smallest absolute Gasteiger partial charge is 0.134 e. The Kier molecular flexibility index (Phi) is 4.43. The van der Waals surface area contributed by atoms with E-state index in [1.165, 1.54) is 12.1 Å². The second-order valence-electron chi connectivity index (χ2n) is 4.16. The van der Waals surface area contributed by atoms with Gasteiger partial charge in [-0.15, -0.1) is 0 Å². The van der Waals surface area contributed by atoms with Crippen molar-refractivity contribution in [1.82, 2.24) is 0 Å². The normalized spacial score (nSPS) is 10.3. The van der Waals surface area contributed by atoms with E-state index < -0.39 is 0 Å². The first-order valence-corrected chi connectivity index (χ1v) is 6.61. The van der Waals surface area contributed by atoms with E-state index >= 15 is 0 Å². The van der Waals surface area contributed by atoms with Crippen molar-refractivity contribution in [2.75, 3.05) is 7.11 Å². The van der Waals surface area contributed by atoms with Crippen molar-refractivity contribution in [2.24, 2.45) is 0 Å². The molecule has 2 rings (SSSR count). The van der Waals surface area contributed by atoms with Gasteiger partial charge in [0.05, 0.1) is 11.6 Å². The first kappa shape index (κ1) is 13.9. The molecule has 0 atom stereocenters. The summed E-state index contributed by atoms with van der Waals surface area (Å²) < 4.78 is 24.8. The summed E-state index contributed by atoms with van der Waals surface area (Å²) in [4.78, 5) is 0. The summed E-state index contributed by atoms with van der Waals surface area (Å²) in [5, 5.41) is 0. The third kappa shape index (κ3) is 3.47. The van der Waals surface area contributed by atoms with E-state index in [4.69, 9.17) is 9.47 Å². The topological polar surface area (TPSA) is 18.5 Å². The molecule has 0 aliphatic carbocycles. The maximum absolute atomic E-state index is 13.2. The van der Waals surface area contributed by atoms with Crippen LogP contribution in [0.5, 0.6) is 11.5 Å². The van der Waals surface area contributed by atoms with Crippen LogP contribution in [0, 0.1) is 12.7 Å². The molecule has 19 heavy (non-hydrogen) atoms. The number of benzene rings is 2. The van der Waals surface area contributed by atoms with Crippen LogP contribution in [-0.2, 0) is 6.61 Å². The summed E-state index contributed by atoms with van der Waals surface area (Å²) in [6, 6.07) is 10.1. The van der Waals surface area contributed by atoms with Gasteiger partial charge in [0, 0.05) is 0 Å². The maximum Gasteiger partial charge on any atom is 0.134 e. The zero-order valence-corrected chi connectivity index (χ0v) is 12.3. The Balaban J connectivity index is 2.12. The minimum absolute atomic E-state index is 0.252. The molecule has 0 fully saturated rings. The predicted octanol–water partition coefficient (Wildman–Crippen LogP) is 4.48. The van der Waals surface area contributed by atoms with Crippen LogP contribution in [0.3, 0.4) is 0 Å². The molecule has 100 valence electrons. The van der Waals surface area contributed by atoms with Crippen molar-refractivity contribution in [2.45, 2.75) is 13.5 Å². The zero-order chi connectivity index (χ0) is 13.8. The average Bonchev–Trinajstić information content (AvgIpc) is 2.40. The van der Waals surface area contributed by atoms with Crippen LogP contribution in [0.25, 0.3) is 0 Å². The Morgan fingerprint density at radius 3 is 2.63 bits per heavy atom. The van der Waals surface area contributed by atoms with Crippen LogP contribution in [-0.4, -0.2) is 7.11 Å². The highest BCUT2D eigenvalue weighted by Gasteiger charge is 2.05. The van der Waals surface area contributed by atoms with Crippen LogP contribution in [0.4, 0.5) is 4.39 Å². The second kappa shape index (κ2) is 6.06. The van der Waals surface area contributed by atoms with E-state index in [0.717, 1.165) is 21.3 Å². The van der Waals surface area contributed by atoms with Crippen molar-refractivity contribution in [3.05, 3.63) is 57.8 Å².